The van der Waals surface area contributed by atoms with Crippen molar-refractivity contribution in [3.8, 4) is 11.1 Å². The molecule has 2 heterocycles. The molecule has 168 valence electrons. The first kappa shape index (κ1) is 21.3. The van der Waals surface area contributed by atoms with Gasteiger partial charge in [0.1, 0.15) is 11.6 Å². The van der Waals surface area contributed by atoms with Gasteiger partial charge in [0, 0.05) is 35.6 Å². The van der Waals surface area contributed by atoms with Gasteiger partial charge < -0.3 is 9.80 Å². The fourth-order valence-electron chi connectivity index (χ4n) is 4.47. The molecule has 4 aromatic rings. The minimum atomic E-state index is -0.396. The second kappa shape index (κ2) is 8.75. The van der Waals surface area contributed by atoms with Crippen LogP contribution in [0.1, 0.15) is 22.3 Å². The summed E-state index contributed by atoms with van der Waals surface area (Å²) in [6.07, 6.45) is 2.56. The van der Waals surface area contributed by atoms with E-state index in [9.17, 15) is 13.6 Å². The number of nitrogens with zero attached hydrogens (tertiary/aromatic N) is 3. The summed E-state index contributed by atoms with van der Waals surface area (Å²) in [7, 11) is 2.01. The molecule has 1 atom stereocenters. The van der Waals surface area contributed by atoms with Crippen LogP contribution in [0.4, 0.5) is 8.78 Å². The standard InChI is InChI=1S/C26H24F2N4O/c1-31-11-10-23(16-31)32(26(33)17-2-6-22(27)7-3-17)15-21-13-18(4-8-24(21)28)19-5-9-25-20(12-19)14-29-30-25/h2-9,12-14,23H,10-11,15-16H2,1H3,(H,29,30). The van der Waals surface area contributed by atoms with Gasteiger partial charge in [-0.1, -0.05) is 12.1 Å². The Morgan fingerprint density at radius 1 is 1.09 bits per heavy atom. The summed E-state index contributed by atoms with van der Waals surface area (Å²) >= 11 is 0. The molecular formula is C26H24F2N4O. The monoisotopic (exact) mass is 446 g/mol. The number of fused-ring (bicyclic) bond motifs is 1. The van der Waals surface area contributed by atoms with E-state index in [0.717, 1.165) is 35.0 Å². The van der Waals surface area contributed by atoms with E-state index in [2.05, 4.69) is 15.1 Å². The molecule has 33 heavy (non-hydrogen) atoms. The molecule has 1 aliphatic rings. The van der Waals surface area contributed by atoms with Crippen LogP contribution >= 0.6 is 0 Å². The van der Waals surface area contributed by atoms with Gasteiger partial charge in [0.2, 0.25) is 0 Å². The Balaban J connectivity index is 1.48. The van der Waals surface area contributed by atoms with E-state index in [-0.39, 0.29) is 24.3 Å². The first-order chi connectivity index (χ1) is 16.0. The Kier molecular flexibility index (Phi) is 5.64. The lowest BCUT2D eigenvalue weighted by Crippen LogP contribution is -2.41. The second-order valence-electron chi connectivity index (χ2n) is 8.62. The molecule has 1 fully saturated rings. The van der Waals surface area contributed by atoms with Gasteiger partial charge in [-0.3, -0.25) is 9.89 Å². The zero-order chi connectivity index (χ0) is 22.9. The van der Waals surface area contributed by atoms with Crippen LogP contribution in [-0.4, -0.2) is 52.1 Å². The molecule has 1 aliphatic heterocycles. The van der Waals surface area contributed by atoms with Crippen LogP contribution in [0.25, 0.3) is 22.0 Å². The van der Waals surface area contributed by atoms with Crippen molar-refractivity contribution >= 4 is 16.8 Å². The summed E-state index contributed by atoms with van der Waals surface area (Å²) in [5.41, 5.74) is 3.59. The molecule has 1 N–H and O–H groups in total. The Morgan fingerprint density at radius 2 is 1.85 bits per heavy atom. The van der Waals surface area contributed by atoms with E-state index < -0.39 is 5.82 Å². The number of nitrogens with one attached hydrogen (secondary N) is 1. The van der Waals surface area contributed by atoms with E-state index >= 15 is 0 Å². The number of rotatable bonds is 5. The summed E-state index contributed by atoms with van der Waals surface area (Å²) in [5.74, 6) is -0.974. The van der Waals surface area contributed by atoms with Crippen LogP contribution in [0.5, 0.6) is 0 Å². The number of carbonyl (C=O) groups is 1. The number of likely N-dealkylation sites (tertiary alicyclic amines) is 1. The first-order valence-corrected chi connectivity index (χ1v) is 10.9. The average molecular weight is 447 g/mol. The first-order valence-electron chi connectivity index (χ1n) is 10.9. The van der Waals surface area contributed by atoms with Crippen molar-refractivity contribution in [1.29, 1.82) is 0 Å². The van der Waals surface area contributed by atoms with Crippen molar-refractivity contribution in [2.24, 2.45) is 0 Å². The van der Waals surface area contributed by atoms with Crippen molar-refractivity contribution in [3.63, 3.8) is 0 Å². The van der Waals surface area contributed by atoms with Crippen LogP contribution in [0.15, 0.2) is 66.9 Å². The number of amides is 1. The number of halogens is 2. The molecule has 7 heteroatoms. The predicted molar refractivity (Wildman–Crippen MR) is 124 cm³/mol. The number of H-pyrrole nitrogens is 1. The van der Waals surface area contributed by atoms with Crippen LogP contribution in [-0.2, 0) is 6.54 Å². The van der Waals surface area contributed by atoms with Gasteiger partial charge in [0.15, 0.2) is 0 Å². The summed E-state index contributed by atoms with van der Waals surface area (Å²) in [6.45, 7) is 1.72. The molecule has 1 amide bonds. The van der Waals surface area contributed by atoms with Crippen LogP contribution < -0.4 is 0 Å². The minimum Gasteiger partial charge on any atom is -0.330 e. The Labute approximate surface area is 190 Å². The molecule has 0 bridgehead atoms. The fourth-order valence-corrected chi connectivity index (χ4v) is 4.47. The van der Waals surface area contributed by atoms with Gasteiger partial charge in [-0.25, -0.2) is 8.78 Å². The lowest BCUT2D eigenvalue weighted by Gasteiger charge is -2.29. The molecule has 3 aromatic carbocycles. The molecule has 0 aliphatic carbocycles. The number of aromatic nitrogens is 2. The van der Waals surface area contributed by atoms with E-state index in [1.807, 2.05) is 25.2 Å². The van der Waals surface area contributed by atoms with E-state index in [1.165, 1.54) is 30.3 Å². The molecular weight excluding hydrogens is 422 g/mol. The third kappa shape index (κ3) is 4.36. The lowest BCUT2D eigenvalue weighted by molar-refractivity contribution is 0.0665. The highest BCUT2D eigenvalue weighted by atomic mass is 19.1. The summed E-state index contributed by atoms with van der Waals surface area (Å²) < 4.78 is 28.3. The van der Waals surface area contributed by atoms with Crippen molar-refractivity contribution in [1.82, 2.24) is 20.0 Å². The van der Waals surface area contributed by atoms with E-state index in [4.69, 9.17) is 0 Å². The zero-order valence-corrected chi connectivity index (χ0v) is 18.3. The van der Waals surface area contributed by atoms with Gasteiger partial charge in [-0.2, -0.15) is 5.10 Å². The zero-order valence-electron chi connectivity index (χ0n) is 18.3. The maximum atomic E-state index is 14.9. The Bertz CT molecular complexity index is 1300. The Hall–Kier alpha value is -3.58. The number of hydrogen-bond acceptors (Lipinski definition) is 3. The number of benzene rings is 3. The lowest BCUT2D eigenvalue weighted by atomic mass is 10.0. The molecule has 5 nitrogen and oxygen atoms in total. The average Bonchev–Trinajstić information content (AvgIpc) is 3.47. The second-order valence-corrected chi connectivity index (χ2v) is 8.62. The molecule has 5 rings (SSSR count). The third-order valence-corrected chi connectivity index (χ3v) is 6.32. The van der Waals surface area contributed by atoms with Crippen LogP contribution in [0.3, 0.4) is 0 Å². The number of likely N-dealkylation sites (N-methyl/N-ethyl adjacent to an activating group) is 1. The van der Waals surface area contributed by atoms with Gasteiger partial charge in [0.25, 0.3) is 5.91 Å². The highest BCUT2D eigenvalue weighted by molar-refractivity contribution is 5.94. The number of aromatic amines is 1. The molecule has 0 spiro atoms. The van der Waals surface area contributed by atoms with Crippen molar-refractivity contribution in [2.45, 2.75) is 19.0 Å². The van der Waals surface area contributed by atoms with E-state index in [1.54, 1.807) is 23.2 Å². The summed E-state index contributed by atoms with van der Waals surface area (Å²) in [4.78, 5) is 17.3. The van der Waals surface area contributed by atoms with Gasteiger partial charge in [0.05, 0.1) is 11.7 Å². The highest BCUT2D eigenvalue weighted by Crippen LogP contribution is 2.27. The maximum absolute atomic E-state index is 14.9. The SMILES string of the molecule is CN1CCC(N(Cc2cc(-c3ccc4[nH]ncc4c3)ccc2F)C(=O)c2ccc(F)cc2)C1. The summed E-state index contributed by atoms with van der Waals surface area (Å²) in [5, 5.41) is 7.96. The number of hydrogen-bond donors (Lipinski definition) is 1. The fraction of sp³-hybridized carbons (Fsp3) is 0.231. The molecule has 0 saturated carbocycles. The minimum absolute atomic E-state index is 0.0436. The smallest absolute Gasteiger partial charge is 0.254 e. The number of carbonyl (C=O) groups excluding carboxylic acids is 1. The van der Waals surface area contributed by atoms with Crippen molar-refractivity contribution in [2.75, 3.05) is 20.1 Å². The van der Waals surface area contributed by atoms with Gasteiger partial charge in [-0.05, 0) is 79.7 Å². The summed E-state index contributed by atoms with van der Waals surface area (Å²) in [6, 6.07) is 16.4. The normalized spacial score (nSPS) is 16.4. The topological polar surface area (TPSA) is 52.2 Å². The van der Waals surface area contributed by atoms with E-state index in [0.29, 0.717) is 17.7 Å². The highest BCUT2D eigenvalue weighted by Gasteiger charge is 2.30. The molecule has 1 aromatic heterocycles. The van der Waals surface area contributed by atoms with Crippen LogP contribution in [0, 0.1) is 11.6 Å². The van der Waals surface area contributed by atoms with Crippen molar-refractivity contribution in [3.05, 3.63) is 89.6 Å². The van der Waals surface area contributed by atoms with Crippen molar-refractivity contribution < 1.29 is 13.6 Å². The quantitative estimate of drug-likeness (QED) is 0.477. The predicted octanol–water partition coefficient (Wildman–Crippen LogP) is 4.85. The van der Waals surface area contributed by atoms with Gasteiger partial charge >= 0.3 is 0 Å². The molecule has 0 radical (unpaired) electrons. The maximum Gasteiger partial charge on any atom is 0.254 e. The third-order valence-electron chi connectivity index (χ3n) is 6.32. The Morgan fingerprint density at radius 3 is 2.61 bits per heavy atom. The largest absolute Gasteiger partial charge is 0.330 e. The van der Waals surface area contributed by atoms with Crippen LogP contribution in [0.2, 0.25) is 0 Å². The molecule has 1 saturated heterocycles. The molecule has 1 unspecified atom stereocenters. The van der Waals surface area contributed by atoms with Gasteiger partial charge in [-0.15, -0.1) is 0 Å².